The SMILES string of the molecule is Cc1ncc2c(NC3c4cc(Cl)c(F)c(O)c4C(C)(C)CC3(O)C(F)(F)F)ccc(F)c2n1. The first-order chi connectivity index (χ1) is 15.2. The molecule has 2 atom stereocenters. The highest BCUT2D eigenvalue weighted by Gasteiger charge is 2.64. The summed E-state index contributed by atoms with van der Waals surface area (Å²) < 4.78 is 71.6. The van der Waals surface area contributed by atoms with Crippen molar-refractivity contribution in [1.82, 2.24) is 9.97 Å². The monoisotopic (exact) mass is 487 g/mol. The minimum Gasteiger partial charge on any atom is -0.505 e. The lowest BCUT2D eigenvalue weighted by molar-refractivity contribution is -0.276. The van der Waals surface area contributed by atoms with Gasteiger partial charge in [0, 0.05) is 22.8 Å². The minimum atomic E-state index is -5.13. The number of aromatic nitrogens is 2. The normalized spacial score (nSPS) is 22.3. The molecule has 176 valence electrons. The van der Waals surface area contributed by atoms with Gasteiger partial charge in [-0.2, -0.15) is 13.2 Å². The zero-order valence-corrected chi connectivity index (χ0v) is 18.4. The van der Waals surface area contributed by atoms with Crippen LogP contribution in [-0.2, 0) is 5.41 Å². The van der Waals surface area contributed by atoms with E-state index in [1.807, 2.05) is 0 Å². The quantitative estimate of drug-likeness (QED) is 0.404. The van der Waals surface area contributed by atoms with E-state index in [4.69, 9.17) is 11.6 Å². The summed E-state index contributed by atoms with van der Waals surface area (Å²) in [6.07, 6.45) is -4.77. The van der Waals surface area contributed by atoms with Crippen molar-refractivity contribution >= 4 is 28.2 Å². The van der Waals surface area contributed by atoms with E-state index in [1.165, 1.54) is 33.0 Å². The molecule has 2 unspecified atom stereocenters. The predicted molar refractivity (Wildman–Crippen MR) is 112 cm³/mol. The summed E-state index contributed by atoms with van der Waals surface area (Å²) in [6.45, 7) is 4.24. The van der Waals surface area contributed by atoms with Crippen LogP contribution in [0.1, 0.15) is 43.3 Å². The number of rotatable bonds is 2. The highest BCUT2D eigenvalue weighted by Crippen LogP contribution is 2.57. The van der Waals surface area contributed by atoms with E-state index in [9.17, 15) is 32.2 Å². The zero-order chi connectivity index (χ0) is 24.5. The average Bonchev–Trinajstić information content (AvgIpc) is 2.69. The van der Waals surface area contributed by atoms with Crippen molar-refractivity contribution in [3.05, 3.63) is 58.0 Å². The van der Waals surface area contributed by atoms with Gasteiger partial charge in [-0.3, -0.25) is 0 Å². The van der Waals surface area contributed by atoms with Gasteiger partial charge in [0.2, 0.25) is 0 Å². The van der Waals surface area contributed by atoms with Crippen molar-refractivity contribution in [2.75, 3.05) is 5.32 Å². The van der Waals surface area contributed by atoms with E-state index in [-0.39, 0.29) is 33.5 Å². The highest BCUT2D eigenvalue weighted by molar-refractivity contribution is 6.31. The fourth-order valence-corrected chi connectivity index (χ4v) is 4.82. The molecule has 2 aromatic carbocycles. The maximum absolute atomic E-state index is 14.4. The molecule has 0 radical (unpaired) electrons. The summed E-state index contributed by atoms with van der Waals surface area (Å²) in [4.78, 5) is 7.98. The molecule has 3 aromatic rings. The lowest BCUT2D eigenvalue weighted by Crippen LogP contribution is -2.58. The molecule has 0 bridgehead atoms. The lowest BCUT2D eigenvalue weighted by Gasteiger charge is -2.49. The van der Waals surface area contributed by atoms with Crippen LogP contribution < -0.4 is 5.32 Å². The molecule has 4 rings (SSSR count). The molecule has 0 saturated carbocycles. The summed E-state index contributed by atoms with van der Waals surface area (Å²) in [6, 6.07) is 1.25. The van der Waals surface area contributed by atoms with Gasteiger partial charge in [-0.25, -0.2) is 18.7 Å². The summed E-state index contributed by atoms with van der Waals surface area (Å²) in [7, 11) is 0. The van der Waals surface area contributed by atoms with E-state index in [1.54, 1.807) is 0 Å². The van der Waals surface area contributed by atoms with E-state index < -0.39 is 52.1 Å². The first-order valence-corrected chi connectivity index (χ1v) is 10.2. The number of alkyl halides is 3. The largest absolute Gasteiger partial charge is 0.505 e. The number of anilines is 1. The van der Waals surface area contributed by atoms with Gasteiger partial charge in [-0.05, 0) is 42.5 Å². The molecule has 0 saturated heterocycles. The molecule has 0 aliphatic heterocycles. The molecular weight excluding hydrogens is 469 g/mol. The Labute approximate surface area is 190 Å². The Hall–Kier alpha value is -2.72. The van der Waals surface area contributed by atoms with Gasteiger partial charge in [0.05, 0.1) is 11.1 Å². The molecule has 33 heavy (non-hydrogen) atoms. The van der Waals surface area contributed by atoms with Crippen molar-refractivity contribution in [2.45, 2.75) is 50.4 Å². The maximum Gasteiger partial charge on any atom is 0.419 e. The Kier molecular flexibility index (Phi) is 5.25. The Morgan fingerprint density at radius 3 is 2.52 bits per heavy atom. The molecule has 0 amide bonds. The molecule has 11 heteroatoms. The van der Waals surface area contributed by atoms with E-state index in [0.717, 1.165) is 12.1 Å². The van der Waals surface area contributed by atoms with Crippen LogP contribution in [0.25, 0.3) is 10.9 Å². The van der Waals surface area contributed by atoms with Crippen LogP contribution in [0.4, 0.5) is 27.6 Å². The molecule has 5 nitrogen and oxygen atoms in total. The van der Waals surface area contributed by atoms with Gasteiger partial charge in [0.1, 0.15) is 17.2 Å². The smallest absolute Gasteiger partial charge is 0.419 e. The number of phenols is 1. The van der Waals surface area contributed by atoms with Crippen LogP contribution in [0, 0.1) is 18.6 Å². The zero-order valence-electron chi connectivity index (χ0n) is 17.7. The van der Waals surface area contributed by atoms with Gasteiger partial charge in [-0.15, -0.1) is 0 Å². The fraction of sp³-hybridized carbons (Fsp3) is 0.364. The van der Waals surface area contributed by atoms with Crippen LogP contribution in [0.5, 0.6) is 5.75 Å². The summed E-state index contributed by atoms with van der Waals surface area (Å²) in [5.74, 6) is -2.51. The highest BCUT2D eigenvalue weighted by atomic mass is 35.5. The topological polar surface area (TPSA) is 78.3 Å². The molecule has 1 heterocycles. The van der Waals surface area contributed by atoms with Crippen LogP contribution in [0.3, 0.4) is 0 Å². The van der Waals surface area contributed by atoms with Gasteiger partial charge in [0.15, 0.2) is 17.2 Å². The first-order valence-electron chi connectivity index (χ1n) is 9.86. The van der Waals surface area contributed by atoms with Crippen molar-refractivity contribution in [3.63, 3.8) is 0 Å². The van der Waals surface area contributed by atoms with Gasteiger partial charge >= 0.3 is 6.18 Å². The van der Waals surface area contributed by atoms with Crippen LogP contribution >= 0.6 is 11.6 Å². The maximum atomic E-state index is 14.4. The van der Waals surface area contributed by atoms with Crippen LogP contribution in [0.2, 0.25) is 5.02 Å². The minimum absolute atomic E-state index is 0.00432. The second-order valence-corrected chi connectivity index (χ2v) is 9.23. The number of aromatic hydroxyl groups is 1. The fourth-order valence-electron chi connectivity index (χ4n) is 4.61. The van der Waals surface area contributed by atoms with E-state index in [2.05, 4.69) is 15.3 Å². The van der Waals surface area contributed by atoms with Crippen LogP contribution in [-0.4, -0.2) is 32.0 Å². The number of nitrogens with one attached hydrogen (secondary N) is 1. The summed E-state index contributed by atoms with van der Waals surface area (Å²) in [5, 5.41) is 23.6. The predicted octanol–water partition coefficient (Wildman–Crippen LogP) is 5.70. The Morgan fingerprint density at radius 2 is 1.88 bits per heavy atom. The van der Waals surface area contributed by atoms with E-state index >= 15 is 0 Å². The molecule has 1 aromatic heterocycles. The molecule has 3 N–H and O–H groups in total. The number of hydrogen-bond acceptors (Lipinski definition) is 5. The third-order valence-electron chi connectivity index (χ3n) is 6.01. The Bertz CT molecular complexity index is 1280. The number of halogens is 6. The lowest BCUT2D eigenvalue weighted by atomic mass is 9.63. The number of benzene rings is 2. The van der Waals surface area contributed by atoms with Crippen LogP contribution in [0.15, 0.2) is 24.4 Å². The summed E-state index contributed by atoms with van der Waals surface area (Å²) in [5.41, 5.74) is -5.29. The first kappa shape index (κ1) is 23.4. The number of hydrogen-bond donors (Lipinski definition) is 3. The molecule has 0 spiro atoms. The number of aliphatic hydroxyl groups is 1. The van der Waals surface area contributed by atoms with Crippen molar-refractivity contribution in [3.8, 4) is 5.75 Å². The third-order valence-corrected chi connectivity index (χ3v) is 6.29. The number of aryl methyl sites for hydroxylation is 1. The third kappa shape index (κ3) is 3.56. The number of phenolic OH excluding ortho intramolecular Hbond substituents is 1. The molecule has 1 aliphatic carbocycles. The molecule has 0 fully saturated rings. The van der Waals surface area contributed by atoms with Crippen molar-refractivity contribution in [2.24, 2.45) is 0 Å². The van der Waals surface area contributed by atoms with Gasteiger partial charge in [0.25, 0.3) is 0 Å². The Morgan fingerprint density at radius 1 is 1.21 bits per heavy atom. The molecule has 1 aliphatic rings. The summed E-state index contributed by atoms with van der Waals surface area (Å²) >= 11 is 5.86. The Balaban J connectivity index is 2.00. The molecular formula is C22H19ClF5N3O2. The number of nitrogens with zero attached hydrogens (tertiary/aromatic N) is 2. The van der Waals surface area contributed by atoms with Gasteiger partial charge < -0.3 is 15.5 Å². The van der Waals surface area contributed by atoms with Crippen molar-refractivity contribution in [1.29, 1.82) is 0 Å². The second kappa shape index (κ2) is 7.39. The van der Waals surface area contributed by atoms with Crippen molar-refractivity contribution < 1.29 is 32.2 Å². The number of fused-ring (bicyclic) bond motifs is 2. The average molecular weight is 488 g/mol. The van der Waals surface area contributed by atoms with Gasteiger partial charge in [-0.1, -0.05) is 25.4 Å². The standard InChI is InChI=1S/C22H19ClF5N3O2/c1-9-29-7-11-14(5-4-13(24)17(11)30-9)31-19-10-6-12(23)16(25)18(32)15(10)20(2,3)8-21(19,33)22(26,27)28/h4-7,19,31-33H,8H2,1-3H3. The second-order valence-electron chi connectivity index (χ2n) is 8.82. The van der Waals surface area contributed by atoms with E-state index in [0.29, 0.717) is 0 Å².